The summed E-state index contributed by atoms with van der Waals surface area (Å²) in [5, 5.41) is 9.63. The van der Waals surface area contributed by atoms with Crippen molar-refractivity contribution in [3.05, 3.63) is 0 Å². The molecule has 0 aromatic rings. The molecule has 7 heavy (non-hydrogen) atoms. The fraction of sp³-hybridized carbons (Fsp3) is 0.667. The van der Waals surface area contributed by atoms with Gasteiger partial charge in [0.1, 0.15) is 0 Å². The monoisotopic (exact) mass is 119 g/mol. The molecule has 2 N–H and O–H groups in total. The third kappa shape index (κ3) is 2.47. The first-order chi connectivity index (χ1) is 3.18. The van der Waals surface area contributed by atoms with Gasteiger partial charge in [0.05, 0.1) is 5.97 Å². The van der Waals surface area contributed by atoms with Gasteiger partial charge in [-0.25, -0.2) is 0 Å². The number of hydrogen-bond donors (Lipinski definition) is 1. The molecule has 0 bridgehead atoms. The van der Waals surface area contributed by atoms with Crippen LogP contribution in [0.1, 0.15) is 0 Å². The standard InChI is InChI=1S/C3H7NO2S/c4-2(1-7)3(5)6/h2,7H,1,4H2,(H,5,6)/p-2/t2-/m0/s1. The Morgan fingerprint density at radius 1 is 2.00 bits per heavy atom. The van der Waals surface area contributed by atoms with E-state index < -0.39 is 12.0 Å². The van der Waals surface area contributed by atoms with Crippen LogP contribution in [0, 0.1) is 0 Å². The number of carboxylic acid groups (broad SMARTS) is 1. The molecule has 0 unspecified atom stereocenters. The maximum Gasteiger partial charge on any atom is 0.0562 e. The van der Waals surface area contributed by atoms with Crippen molar-refractivity contribution in [3.63, 3.8) is 0 Å². The number of carbonyl (C=O) groups is 1. The average Bonchev–Trinajstić information content (AvgIpc) is 1.65. The van der Waals surface area contributed by atoms with Crippen molar-refractivity contribution >= 4 is 18.6 Å². The van der Waals surface area contributed by atoms with Crippen LogP contribution in [0.25, 0.3) is 0 Å². The first kappa shape index (κ1) is 6.78. The van der Waals surface area contributed by atoms with Crippen molar-refractivity contribution in [1.82, 2.24) is 0 Å². The van der Waals surface area contributed by atoms with Gasteiger partial charge < -0.3 is 28.3 Å². The molecular formula is C3H5NO2S-2. The summed E-state index contributed by atoms with van der Waals surface area (Å²) >= 11 is 4.31. The fourth-order valence-electron chi connectivity index (χ4n) is 0.0680. The van der Waals surface area contributed by atoms with Crippen molar-refractivity contribution in [1.29, 1.82) is 0 Å². The lowest BCUT2D eigenvalue weighted by atomic mass is 10.4. The molecule has 0 saturated heterocycles. The summed E-state index contributed by atoms with van der Waals surface area (Å²) in [7, 11) is 0. The molecule has 0 aliphatic heterocycles. The summed E-state index contributed by atoms with van der Waals surface area (Å²) in [4.78, 5) is 9.63. The van der Waals surface area contributed by atoms with E-state index in [4.69, 9.17) is 5.73 Å². The first-order valence-corrected chi connectivity index (χ1v) is 2.30. The molecule has 0 spiro atoms. The largest absolute Gasteiger partial charge is 0.791 e. The van der Waals surface area contributed by atoms with Crippen LogP contribution in [0.2, 0.25) is 0 Å². The van der Waals surface area contributed by atoms with Crippen molar-refractivity contribution in [2.75, 3.05) is 5.75 Å². The molecule has 4 heteroatoms. The number of rotatable bonds is 2. The van der Waals surface area contributed by atoms with Crippen LogP contribution in [0.4, 0.5) is 0 Å². The SMILES string of the molecule is N[C@@H](C[S-])C(=O)[O-]. The zero-order chi connectivity index (χ0) is 5.86. The normalized spacial score (nSPS) is 13.4. The van der Waals surface area contributed by atoms with Crippen molar-refractivity contribution in [2.45, 2.75) is 6.04 Å². The Balaban J connectivity index is 3.34. The smallest absolute Gasteiger partial charge is 0.0562 e. The van der Waals surface area contributed by atoms with Gasteiger partial charge in [0.25, 0.3) is 0 Å². The molecule has 0 aliphatic rings. The van der Waals surface area contributed by atoms with Crippen LogP contribution in [0.15, 0.2) is 0 Å². The van der Waals surface area contributed by atoms with E-state index in [9.17, 15) is 9.90 Å². The second-order valence-corrected chi connectivity index (χ2v) is 1.43. The van der Waals surface area contributed by atoms with E-state index in [0.717, 1.165) is 0 Å². The van der Waals surface area contributed by atoms with Crippen LogP contribution >= 0.6 is 0 Å². The molecule has 0 amide bonds. The van der Waals surface area contributed by atoms with Crippen LogP contribution in [-0.2, 0) is 17.4 Å². The fourth-order valence-corrected chi connectivity index (χ4v) is 0.204. The number of aliphatic carboxylic acids is 1. The van der Waals surface area contributed by atoms with E-state index in [1.807, 2.05) is 0 Å². The molecule has 0 aromatic carbocycles. The zero-order valence-electron chi connectivity index (χ0n) is 3.59. The lowest BCUT2D eigenvalue weighted by Gasteiger charge is -2.14. The van der Waals surface area contributed by atoms with Crippen LogP contribution in [0.5, 0.6) is 0 Å². The minimum Gasteiger partial charge on any atom is -0.791 e. The Morgan fingerprint density at radius 2 is 2.43 bits per heavy atom. The van der Waals surface area contributed by atoms with Gasteiger partial charge in [-0.05, 0) is 0 Å². The van der Waals surface area contributed by atoms with Gasteiger partial charge >= 0.3 is 0 Å². The zero-order valence-corrected chi connectivity index (χ0v) is 4.40. The third-order valence-electron chi connectivity index (χ3n) is 0.482. The van der Waals surface area contributed by atoms with Gasteiger partial charge in [0.2, 0.25) is 0 Å². The Bertz CT molecular complexity index is 75.3. The number of carbonyl (C=O) groups excluding carboxylic acids is 1. The molecule has 1 atom stereocenters. The Morgan fingerprint density at radius 3 is 2.43 bits per heavy atom. The quantitative estimate of drug-likeness (QED) is 0.412. The van der Waals surface area contributed by atoms with E-state index in [1.165, 1.54) is 0 Å². The highest BCUT2D eigenvalue weighted by atomic mass is 32.1. The predicted octanol–water partition coefficient (Wildman–Crippen LogP) is -2.39. The summed E-state index contributed by atoms with van der Waals surface area (Å²) in [5.41, 5.74) is 4.85. The first-order valence-electron chi connectivity index (χ1n) is 1.73. The van der Waals surface area contributed by atoms with Crippen LogP contribution in [0.3, 0.4) is 0 Å². The molecule has 0 saturated carbocycles. The summed E-state index contributed by atoms with van der Waals surface area (Å²) < 4.78 is 0. The maximum atomic E-state index is 9.63. The Hall–Kier alpha value is -0.220. The highest BCUT2D eigenvalue weighted by Crippen LogP contribution is 1.68. The van der Waals surface area contributed by atoms with Gasteiger partial charge in [-0.15, -0.1) is 0 Å². The topological polar surface area (TPSA) is 66.2 Å². The van der Waals surface area contributed by atoms with Crippen molar-refractivity contribution in [2.24, 2.45) is 5.73 Å². The average molecular weight is 119 g/mol. The van der Waals surface area contributed by atoms with Crippen LogP contribution in [-0.4, -0.2) is 17.8 Å². The molecule has 42 valence electrons. The van der Waals surface area contributed by atoms with E-state index >= 15 is 0 Å². The summed E-state index contributed by atoms with van der Waals surface area (Å²) in [5.74, 6) is -1.27. The molecule has 3 nitrogen and oxygen atoms in total. The van der Waals surface area contributed by atoms with Gasteiger partial charge in [-0.1, -0.05) is 0 Å². The summed E-state index contributed by atoms with van der Waals surface area (Å²) in [6.45, 7) is 0. The predicted molar refractivity (Wildman–Crippen MR) is 25.2 cm³/mol. The summed E-state index contributed by atoms with van der Waals surface area (Å²) in [6, 6.07) is -0.977. The molecule has 0 heterocycles. The van der Waals surface area contributed by atoms with E-state index in [1.54, 1.807) is 0 Å². The van der Waals surface area contributed by atoms with Crippen molar-refractivity contribution < 1.29 is 9.90 Å². The second-order valence-electron chi connectivity index (χ2n) is 1.09. The van der Waals surface area contributed by atoms with E-state index in [0.29, 0.717) is 0 Å². The van der Waals surface area contributed by atoms with E-state index in [-0.39, 0.29) is 5.75 Å². The minimum absolute atomic E-state index is 0.0162. The maximum absolute atomic E-state index is 9.63. The highest BCUT2D eigenvalue weighted by Gasteiger charge is 1.89. The number of carboxylic acids is 1. The molecule has 0 aromatic heterocycles. The molecule has 0 rings (SSSR count). The van der Waals surface area contributed by atoms with E-state index in [2.05, 4.69) is 12.6 Å². The summed E-state index contributed by atoms with van der Waals surface area (Å²) in [6.07, 6.45) is 0. The molecule has 0 fully saturated rings. The second kappa shape index (κ2) is 2.87. The molecular weight excluding hydrogens is 114 g/mol. The molecule has 0 radical (unpaired) electrons. The molecule has 0 aliphatic carbocycles. The van der Waals surface area contributed by atoms with Gasteiger partial charge in [0, 0.05) is 6.04 Å². The Kier molecular flexibility index (Phi) is 2.78. The third-order valence-corrected chi connectivity index (χ3v) is 0.841. The Labute approximate surface area is 46.9 Å². The lowest BCUT2D eigenvalue weighted by Crippen LogP contribution is -2.43. The van der Waals surface area contributed by atoms with Gasteiger partial charge in [-0.2, -0.15) is 5.75 Å². The number of nitrogens with two attached hydrogens (primary N) is 1. The van der Waals surface area contributed by atoms with Gasteiger partial charge in [-0.3, -0.25) is 0 Å². The lowest BCUT2D eigenvalue weighted by molar-refractivity contribution is -0.306. The highest BCUT2D eigenvalue weighted by molar-refractivity contribution is 7.58. The minimum atomic E-state index is -1.28. The van der Waals surface area contributed by atoms with Gasteiger partial charge in [0.15, 0.2) is 0 Å². The van der Waals surface area contributed by atoms with Crippen LogP contribution < -0.4 is 10.8 Å². The van der Waals surface area contributed by atoms with Crippen molar-refractivity contribution in [3.8, 4) is 0 Å². The number of hydrogen-bond acceptors (Lipinski definition) is 4.